The third-order valence-corrected chi connectivity index (χ3v) is 4.36. The molecule has 0 bridgehead atoms. The van der Waals surface area contributed by atoms with Gasteiger partial charge in [0.1, 0.15) is 11.5 Å². The van der Waals surface area contributed by atoms with Crippen LogP contribution in [-0.2, 0) is 13.1 Å². The van der Waals surface area contributed by atoms with Crippen LogP contribution in [0.25, 0.3) is 0 Å². The largest absolute Gasteiger partial charge is 0.508 e. The SMILES string of the molecule is CN=C(NCc1cc(OC)ccc1O)NCc1sccc1C. The third kappa shape index (κ3) is 4.14. The number of phenols is 1. The molecule has 2 aromatic rings. The first-order chi connectivity index (χ1) is 10.6. The van der Waals surface area contributed by atoms with Crippen LogP contribution in [0, 0.1) is 6.92 Å². The molecule has 0 amide bonds. The minimum atomic E-state index is 0.234. The van der Waals surface area contributed by atoms with Crippen LogP contribution in [-0.4, -0.2) is 25.2 Å². The third-order valence-electron chi connectivity index (χ3n) is 3.34. The van der Waals surface area contributed by atoms with Gasteiger partial charge in [0.05, 0.1) is 13.7 Å². The van der Waals surface area contributed by atoms with Gasteiger partial charge < -0.3 is 20.5 Å². The van der Waals surface area contributed by atoms with Gasteiger partial charge in [-0.05, 0) is 42.1 Å². The Labute approximate surface area is 134 Å². The van der Waals surface area contributed by atoms with Crippen LogP contribution in [0.15, 0.2) is 34.6 Å². The van der Waals surface area contributed by atoms with Gasteiger partial charge in [-0.2, -0.15) is 0 Å². The second-order valence-electron chi connectivity index (χ2n) is 4.80. The summed E-state index contributed by atoms with van der Waals surface area (Å²) < 4.78 is 5.17. The predicted octanol–water partition coefficient (Wildman–Crippen LogP) is 2.64. The van der Waals surface area contributed by atoms with E-state index in [4.69, 9.17) is 4.74 Å². The lowest BCUT2D eigenvalue weighted by molar-refractivity contribution is 0.410. The van der Waals surface area contributed by atoms with Crippen molar-refractivity contribution in [1.29, 1.82) is 0 Å². The summed E-state index contributed by atoms with van der Waals surface area (Å²) in [6.07, 6.45) is 0. The highest BCUT2D eigenvalue weighted by Crippen LogP contribution is 2.22. The van der Waals surface area contributed by atoms with E-state index in [1.54, 1.807) is 43.7 Å². The first-order valence-corrected chi connectivity index (χ1v) is 7.85. The lowest BCUT2D eigenvalue weighted by Gasteiger charge is -2.13. The Morgan fingerprint density at radius 3 is 2.68 bits per heavy atom. The molecule has 0 saturated carbocycles. The van der Waals surface area contributed by atoms with Crippen LogP contribution >= 0.6 is 11.3 Å². The van der Waals surface area contributed by atoms with Gasteiger partial charge in [0.2, 0.25) is 0 Å². The summed E-state index contributed by atoms with van der Waals surface area (Å²) in [7, 11) is 3.33. The molecule has 1 heterocycles. The zero-order chi connectivity index (χ0) is 15.9. The van der Waals surface area contributed by atoms with E-state index in [1.165, 1.54) is 10.4 Å². The molecule has 0 saturated heterocycles. The van der Waals surface area contributed by atoms with Crippen molar-refractivity contribution < 1.29 is 9.84 Å². The fourth-order valence-electron chi connectivity index (χ4n) is 1.98. The number of phenolic OH excluding ortho intramolecular Hbond substituents is 1. The van der Waals surface area contributed by atoms with E-state index in [0.717, 1.165) is 12.1 Å². The number of thiophene rings is 1. The molecule has 0 aliphatic carbocycles. The smallest absolute Gasteiger partial charge is 0.191 e. The molecule has 22 heavy (non-hydrogen) atoms. The number of benzene rings is 1. The molecule has 3 N–H and O–H groups in total. The van der Waals surface area contributed by atoms with Crippen LogP contribution in [0.1, 0.15) is 16.0 Å². The summed E-state index contributed by atoms with van der Waals surface area (Å²) in [6.45, 7) is 3.29. The molecule has 1 aromatic heterocycles. The Bertz CT molecular complexity index is 653. The summed E-state index contributed by atoms with van der Waals surface area (Å²) >= 11 is 1.72. The lowest BCUT2D eigenvalue weighted by atomic mass is 10.2. The summed E-state index contributed by atoms with van der Waals surface area (Å²) in [6, 6.07) is 7.26. The highest BCUT2D eigenvalue weighted by atomic mass is 32.1. The molecule has 0 spiro atoms. The second kappa shape index (κ2) is 7.70. The standard InChI is InChI=1S/C16H21N3O2S/c1-11-6-7-22-15(11)10-19-16(17-2)18-9-12-8-13(21-3)4-5-14(12)20/h4-8,20H,9-10H2,1-3H3,(H2,17,18,19). The van der Waals surface area contributed by atoms with Crippen molar-refractivity contribution in [3.8, 4) is 11.5 Å². The van der Waals surface area contributed by atoms with E-state index in [-0.39, 0.29) is 5.75 Å². The van der Waals surface area contributed by atoms with Gasteiger partial charge in [-0.3, -0.25) is 4.99 Å². The second-order valence-corrected chi connectivity index (χ2v) is 5.80. The van der Waals surface area contributed by atoms with Crippen LogP contribution in [0.3, 0.4) is 0 Å². The highest BCUT2D eigenvalue weighted by molar-refractivity contribution is 7.10. The number of guanidine groups is 1. The molecule has 0 atom stereocenters. The molecular formula is C16H21N3O2S. The minimum absolute atomic E-state index is 0.234. The van der Waals surface area contributed by atoms with Gasteiger partial charge in [-0.1, -0.05) is 0 Å². The molecule has 0 fully saturated rings. The Kier molecular flexibility index (Phi) is 5.66. The Hall–Kier alpha value is -2.21. The minimum Gasteiger partial charge on any atom is -0.508 e. The summed E-state index contributed by atoms with van der Waals surface area (Å²) in [5, 5.41) is 18.4. The normalized spacial score (nSPS) is 11.3. The van der Waals surface area contributed by atoms with Crippen molar-refractivity contribution >= 4 is 17.3 Å². The zero-order valence-electron chi connectivity index (χ0n) is 13.0. The van der Waals surface area contributed by atoms with Gasteiger partial charge in [0.15, 0.2) is 5.96 Å². The maximum absolute atomic E-state index is 9.88. The van der Waals surface area contributed by atoms with E-state index in [2.05, 4.69) is 34.0 Å². The van der Waals surface area contributed by atoms with Crippen molar-refractivity contribution in [3.63, 3.8) is 0 Å². The average molecular weight is 319 g/mol. The average Bonchev–Trinajstić information content (AvgIpc) is 2.94. The number of methoxy groups -OCH3 is 1. The topological polar surface area (TPSA) is 65.9 Å². The molecule has 6 heteroatoms. The van der Waals surface area contributed by atoms with Crippen LogP contribution < -0.4 is 15.4 Å². The van der Waals surface area contributed by atoms with Gasteiger partial charge in [0.25, 0.3) is 0 Å². The number of nitrogens with one attached hydrogen (secondary N) is 2. The van der Waals surface area contributed by atoms with E-state index in [1.807, 2.05) is 0 Å². The highest BCUT2D eigenvalue weighted by Gasteiger charge is 2.06. The number of aromatic hydroxyl groups is 1. The van der Waals surface area contributed by atoms with E-state index in [0.29, 0.717) is 18.3 Å². The Morgan fingerprint density at radius 2 is 2.05 bits per heavy atom. The summed E-state index contributed by atoms with van der Waals surface area (Å²) in [5.41, 5.74) is 2.04. The maximum atomic E-state index is 9.88. The maximum Gasteiger partial charge on any atom is 0.191 e. The molecule has 1 aromatic carbocycles. The van der Waals surface area contributed by atoms with Gasteiger partial charge in [0, 0.05) is 24.0 Å². The fourth-order valence-corrected chi connectivity index (χ4v) is 2.83. The molecule has 0 radical (unpaired) electrons. The predicted molar refractivity (Wildman–Crippen MR) is 90.8 cm³/mol. The first kappa shape index (κ1) is 16.2. The van der Waals surface area contributed by atoms with Crippen LogP contribution in [0.5, 0.6) is 11.5 Å². The van der Waals surface area contributed by atoms with Gasteiger partial charge in [-0.15, -0.1) is 11.3 Å². The van der Waals surface area contributed by atoms with E-state index < -0.39 is 0 Å². The lowest BCUT2D eigenvalue weighted by Crippen LogP contribution is -2.36. The number of nitrogens with zero attached hydrogens (tertiary/aromatic N) is 1. The van der Waals surface area contributed by atoms with Crippen molar-refractivity contribution in [2.45, 2.75) is 20.0 Å². The number of hydrogen-bond donors (Lipinski definition) is 3. The number of aliphatic imine (C=N–C) groups is 1. The Morgan fingerprint density at radius 1 is 1.27 bits per heavy atom. The van der Waals surface area contributed by atoms with Crippen LogP contribution in [0.2, 0.25) is 0 Å². The first-order valence-electron chi connectivity index (χ1n) is 6.97. The Balaban J connectivity index is 1.93. The summed E-state index contributed by atoms with van der Waals surface area (Å²) in [4.78, 5) is 5.48. The number of aryl methyl sites for hydroxylation is 1. The quantitative estimate of drug-likeness (QED) is 0.585. The van der Waals surface area contributed by atoms with Crippen molar-refractivity contribution in [2.24, 2.45) is 4.99 Å². The zero-order valence-corrected chi connectivity index (χ0v) is 13.8. The summed E-state index contributed by atoms with van der Waals surface area (Å²) in [5.74, 6) is 1.64. The molecular weight excluding hydrogens is 298 g/mol. The van der Waals surface area contributed by atoms with E-state index in [9.17, 15) is 5.11 Å². The van der Waals surface area contributed by atoms with Gasteiger partial charge in [-0.25, -0.2) is 0 Å². The number of ether oxygens (including phenoxy) is 1. The van der Waals surface area contributed by atoms with Crippen LogP contribution in [0.4, 0.5) is 0 Å². The fraction of sp³-hybridized carbons (Fsp3) is 0.312. The molecule has 0 aliphatic heterocycles. The molecule has 118 valence electrons. The molecule has 0 unspecified atom stereocenters. The number of hydrogen-bond acceptors (Lipinski definition) is 4. The van der Waals surface area contributed by atoms with Crippen molar-refractivity contribution in [1.82, 2.24) is 10.6 Å². The van der Waals surface area contributed by atoms with Gasteiger partial charge >= 0.3 is 0 Å². The van der Waals surface area contributed by atoms with Crippen molar-refractivity contribution in [2.75, 3.05) is 14.2 Å². The molecule has 0 aliphatic rings. The number of rotatable bonds is 5. The van der Waals surface area contributed by atoms with E-state index >= 15 is 0 Å². The monoisotopic (exact) mass is 319 g/mol. The molecule has 2 rings (SSSR count). The van der Waals surface area contributed by atoms with Crippen molar-refractivity contribution in [3.05, 3.63) is 45.6 Å². The molecule has 5 nitrogen and oxygen atoms in total.